The fourth-order valence-electron chi connectivity index (χ4n) is 1.67. The van der Waals surface area contributed by atoms with Gasteiger partial charge in [-0.1, -0.05) is 18.2 Å². The van der Waals surface area contributed by atoms with E-state index in [1.54, 1.807) is 46.1 Å². The maximum absolute atomic E-state index is 12.2. The number of ether oxygens (including phenoxy) is 1. The molecule has 17 heavy (non-hydrogen) atoms. The Hall–Kier alpha value is -0.910. The van der Waals surface area contributed by atoms with Gasteiger partial charge >= 0.3 is 0 Å². The molecule has 0 fully saturated rings. The molecule has 5 heteroatoms. The van der Waals surface area contributed by atoms with E-state index in [9.17, 15) is 8.42 Å². The molecule has 0 bridgehead atoms. The maximum atomic E-state index is 12.2. The monoisotopic (exact) mass is 257 g/mol. The average Bonchev–Trinajstić information content (AvgIpc) is 2.15. The molecule has 0 saturated heterocycles. The molecule has 0 atom stereocenters. The number of aryl methyl sites for hydroxylation is 1. The first-order valence-corrected chi connectivity index (χ1v) is 6.85. The third-order valence-corrected chi connectivity index (χ3v) is 4.16. The average molecular weight is 257 g/mol. The lowest BCUT2D eigenvalue weighted by Gasteiger charge is -2.25. The lowest BCUT2D eigenvalue weighted by atomic mass is 10.1. The molecule has 0 spiro atoms. The normalized spacial score (nSPS) is 12.7. The van der Waals surface area contributed by atoms with Crippen molar-refractivity contribution in [2.24, 2.45) is 0 Å². The summed E-state index contributed by atoms with van der Waals surface area (Å²) < 4.78 is 32.0. The van der Waals surface area contributed by atoms with E-state index in [0.717, 1.165) is 5.56 Å². The third-order valence-electron chi connectivity index (χ3n) is 2.30. The molecule has 0 unspecified atom stereocenters. The highest BCUT2D eigenvalue weighted by molar-refractivity contribution is 7.89. The minimum absolute atomic E-state index is 0.309. The molecular weight excluding hydrogens is 238 g/mol. The summed E-state index contributed by atoms with van der Waals surface area (Å²) in [5.41, 5.74) is 0.101. The van der Waals surface area contributed by atoms with Crippen molar-refractivity contribution in [3.05, 3.63) is 29.8 Å². The summed E-state index contributed by atoms with van der Waals surface area (Å²) in [4.78, 5) is 0.309. The second-order valence-electron chi connectivity index (χ2n) is 4.69. The SMILES string of the molecule is COCC(C)(C)NS(=O)(=O)c1ccccc1C. The quantitative estimate of drug-likeness (QED) is 0.873. The maximum Gasteiger partial charge on any atom is 0.241 e. The molecule has 0 aliphatic rings. The highest BCUT2D eigenvalue weighted by atomic mass is 32.2. The Kier molecular flexibility index (Phi) is 4.30. The summed E-state index contributed by atoms with van der Waals surface area (Å²) in [5.74, 6) is 0. The van der Waals surface area contributed by atoms with E-state index in [1.807, 2.05) is 6.07 Å². The lowest BCUT2D eigenvalue weighted by molar-refractivity contribution is 0.141. The smallest absolute Gasteiger partial charge is 0.241 e. The van der Waals surface area contributed by atoms with Gasteiger partial charge in [0.25, 0.3) is 0 Å². The molecular formula is C12H19NO3S. The van der Waals surface area contributed by atoms with Crippen LogP contribution in [0, 0.1) is 6.92 Å². The van der Waals surface area contributed by atoms with Gasteiger partial charge in [0.05, 0.1) is 17.0 Å². The molecule has 0 aliphatic carbocycles. The van der Waals surface area contributed by atoms with Crippen molar-refractivity contribution >= 4 is 10.0 Å². The van der Waals surface area contributed by atoms with E-state index in [-0.39, 0.29) is 0 Å². The summed E-state index contributed by atoms with van der Waals surface area (Å²) in [6.45, 7) is 5.66. The molecule has 4 nitrogen and oxygen atoms in total. The van der Waals surface area contributed by atoms with E-state index in [1.165, 1.54) is 0 Å². The highest BCUT2D eigenvalue weighted by Crippen LogP contribution is 2.16. The number of sulfonamides is 1. The van der Waals surface area contributed by atoms with Crippen LogP contribution in [0.5, 0.6) is 0 Å². The topological polar surface area (TPSA) is 55.4 Å². The Morgan fingerprint density at radius 2 is 1.88 bits per heavy atom. The number of nitrogens with one attached hydrogen (secondary N) is 1. The van der Waals surface area contributed by atoms with Crippen LogP contribution in [0.1, 0.15) is 19.4 Å². The molecule has 1 aromatic carbocycles. The van der Waals surface area contributed by atoms with E-state index >= 15 is 0 Å². The van der Waals surface area contributed by atoms with Gasteiger partial charge in [-0.25, -0.2) is 13.1 Å². The van der Waals surface area contributed by atoms with Crippen LogP contribution in [0.25, 0.3) is 0 Å². The molecule has 0 heterocycles. The first-order valence-electron chi connectivity index (χ1n) is 5.37. The zero-order chi connectivity index (χ0) is 13.1. The van der Waals surface area contributed by atoms with Crippen LogP contribution in [0.4, 0.5) is 0 Å². The number of rotatable bonds is 5. The summed E-state index contributed by atoms with van der Waals surface area (Å²) in [7, 11) is -1.96. The Bertz CT molecular complexity index is 480. The Labute approximate surface area is 103 Å². The van der Waals surface area contributed by atoms with Crippen LogP contribution in [0.3, 0.4) is 0 Å². The number of hydrogen-bond acceptors (Lipinski definition) is 3. The first kappa shape index (κ1) is 14.2. The van der Waals surface area contributed by atoms with Gasteiger partial charge in [-0.05, 0) is 32.4 Å². The molecule has 0 saturated carbocycles. The molecule has 1 N–H and O–H groups in total. The van der Waals surface area contributed by atoms with Gasteiger partial charge in [-0.2, -0.15) is 0 Å². The number of hydrogen-bond donors (Lipinski definition) is 1. The number of benzene rings is 1. The highest BCUT2D eigenvalue weighted by Gasteiger charge is 2.26. The predicted molar refractivity (Wildman–Crippen MR) is 67.5 cm³/mol. The van der Waals surface area contributed by atoms with Gasteiger partial charge in [0.2, 0.25) is 10.0 Å². The van der Waals surface area contributed by atoms with Gasteiger partial charge in [0.15, 0.2) is 0 Å². The third kappa shape index (κ3) is 3.80. The van der Waals surface area contributed by atoms with Crippen molar-refractivity contribution in [3.63, 3.8) is 0 Å². The van der Waals surface area contributed by atoms with E-state index in [4.69, 9.17) is 4.74 Å². The van der Waals surface area contributed by atoms with Crippen molar-refractivity contribution in [1.29, 1.82) is 0 Å². The van der Waals surface area contributed by atoms with E-state index in [2.05, 4.69) is 4.72 Å². The largest absolute Gasteiger partial charge is 0.383 e. The van der Waals surface area contributed by atoms with Gasteiger partial charge in [-0.3, -0.25) is 0 Å². The summed E-state index contributed by atoms with van der Waals surface area (Å²) in [6.07, 6.45) is 0. The number of methoxy groups -OCH3 is 1. The predicted octanol–water partition coefficient (Wildman–Crippen LogP) is 1.70. The Balaban J connectivity index is 3.02. The molecule has 0 aromatic heterocycles. The van der Waals surface area contributed by atoms with Gasteiger partial charge in [0.1, 0.15) is 0 Å². The summed E-state index contributed by atoms with van der Waals surface area (Å²) in [5, 5.41) is 0. The van der Waals surface area contributed by atoms with Crippen LogP contribution in [-0.2, 0) is 14.8 Å². The fraction of sp³-hybridized carbons (Fsp3) is 0.500. The molecule has 0 radical (unpaired) electrons. The standard InChI is InChI=1S/C12H19NO3S/c1-10-7-5-6-8-11(10)17(14,15)13-12(2,3)9-16-4/h5-8,13H,9H2,1-4H3. The minimum Gasteiger partial charge on any atom is -0.383 e. The zero-order valence-corrected chi connectivity index (χ0v) is 11.5. The zero-order valence-electron chi connectivity index (χ0n) is 10.6. The van der Waals surface area contributed by atoms with Gasteiger partial charge in [-0.15, -0.1) is 0 Å². The lowest BCUT2D eigenvalue weighted by Crippen LogP contribution is -2.46. The first-order chi connectivity index (χ1) is 7.78. The summed E-state index contributed by atoms with van der Waals surface area (Å²) >= 11 is 0. The van der Waals surface area contributed by atoms with Crippen molar-refractivity contribution in [2.75, 3.05) is 13.7 Å². The van der Waals surface area contributed by atoms with Crippen LogP contribution in [-0.4, -0.2) is 27.7 Å². The van der Waals surface area contributed by atoms with Gasteiger partial charge in [0, 0.05) is 7.11 Å². The minimum atomic E-state index is -3.50. The van der Waals surface area contributed by atoms with Crippen LogP contribution >= 0.6 is 0 Å². The van der Waals surface area contributed by atoms with Crippen molar-refractivity contribution < 1.29 is 13.2 Å². The summed E-state index contributed by atoms with van der Waals surface area (Å²) in [6, 6.07) is 6.90. The van der Waals surface area contributed by atoms with E-state index in [0.29, 0.717) is 11.5 Å². The molecule has 0 amide bonds. The molecule has 1 aromatic rings. The van der Waals surface area contributed by atoms with Crippen molar-refractivity contribution in [3.8, 4) is 0 Å². The molecule has 96 valence electrons. The van der Waals surface area contributed by atoms with E-state index < -0.39 is 15.6 Å². The van der Waals surface area contributed by atoms with Gasteiger partial charge < -0.3 is 4.74 Å². The fourth-order valence-corrected chi connectivity index (χ4v) is 3.31. The van der Waals surface area contributed by atoms with Crippen LogP contribution < -0.4 is 4.72 Å². The molecule has 1 rings (SSSR count). The Morgan fingerprint density at radius 3 is 2.41 bits per heavy atom. The Morgan fingerprint density at radius 1 is 1.29 bits per heavy atom. The van der Waals surface area contributed by atoms with Crippen LogP contribution in [0.2, 0.25) is 0 Å². The van der Waals surface area contributed by atoms with Crippen molar-refractivity contribution in [1.82, 2.24) is 4.72 Å². The molecule has 0 aliphatic heterocycles. The second kappa shape index (κ2) is 5.16. The van der Waals surface area contributed by atoms with Crippen LogP contribution in [0.15, 0.2) is 29.2 Å². The second-order valence-corrected chi connectivity index (χ2v) is 6.34. The van der Waals surface area contributed by atoms with Crippen molar-refractivity contribution in [2.45, 2.75) is 31.2 Å².